The molecule has 7 heteroatoms. The standard InChI is InChI=1S/C15H11N3O3S/c19-9-12-14(13-2-1-7-22-13)18(17-16-12)8-10-3-5-11(6-4-10)15(20)21/h1-7,9H,8H2,(H,20,21). The molecule has 0 atom stereocenters. The first-order chi connectivity index (χ1) is 10.7. The average molecular weight is 313 g/mol. The third-order valence-electron chi connectivity index (χ3n) is 3.16. The predicted octanol–water partition coefficient (Wildman–Crippen LogP) is 2.57. The van der Waals surface area contributed by atoms with Crippen LogP contribution < -0.4 is 0 Å². The Labute approximate surface area is 129 Å². The molecule has 0 aliphatic heterocycles. The number of hydrogen-bond acceptors (Lipinski definition) is 5. The van der Waals surface area contributed by atoms with E-state index in [0.717, 1.165) is 10.4 Å². The van der Waals surface area contributed by atoms with E-state index in [0.29, 0.717) is 24.2 Å². The Bertz CT molecular complexity index is 807. The van der Waals surface area contributed by atoms with Gasteiger partial charge in [-0.15, -0.1) is 16.4 Å². The molecule has 1 N–H and O–H groups in total. The molecule has 22 heavy (non-hydrogen) atoms. The second kappa shape index (κ2) is 5.90. The molecule has 3 aromatic rings. The lowest BCUT2D eigenvalue weighted by Crippen LogP contribution is -2.05. The zero-order chi connectivity index (χ0) is 15.5. The van der Waals surface area contributed by atoms with Crippen molar-refractivity contribution < 1.29 is 14.7 Å². The summed E-state index contributed by atoms with van der Waals surface area (Å²) < 4.78 is 1.64. The Hall–Kier alpha value is -2.80. The molecule has 2 aromatic heterocycles. The van der Waals surface area contributed by atoms with Crippen LogP contribution in [0.2, 0.25) is 0 Å². The van der Waals surface area contributed by atoms with Crippen molar-refractivity contribution in [3.63, 3.8) is 0 Å². The highest BCUT2D eigenvalue weighted by Crippen LogP contribution is 2.26. The molecule has 3 rings (SSSR count). The van der Waals surface area contributed by atoms with Crippen molar-refractivity contribution in [1.82, 2.24) is 15.0 Å². The molecule has 0 radical (unpaired) electrons. The Balaban J connectivity index is 1.94. The minimum atomic E-state index is -0.963. The van der Waals surface area contributed by atoms with Crippen LogP contribution in [0.4, 0.5) is 0 Å². The number of aromatic nitrogens is 3. The first kappa shape index (κ1) is 14.2. The van der Waals surface area contributed by atoms with Gasteiger partial charge in [0, 0.05) is 0 Å². The van der Waals surface area contributed by atoms with Crippen LogP contribution in [0.3, 0.4) is 0 Å². The predicted molar refractivity (Wildman–Crippen MR) is 81.2 cm³/mol. The van der Waals surface area contributed by atoms with Crippen molar-refractivity contribution in [2.24, 2.45) is 0 Å². The number of carboxylic acid groups (broad SMARTS) is 1. The fourth-order valence-electron chi connectivity index (χ4n) is 2.11. The van der Waals surface area contributed by atoms with Crippen LogP contribution in [-0.4, -0.2) is 32.4 Å². The van der Waals surface area contributed by atoms with Gasteiger partial charge < -0.3 is 5.11 Å². The lowest BCUT2D eigenvalue weighted by atomic mass is 10.1. The van der Waals surface area contributed by atoms with Gasteiger partial charge in [0.2, 0.25) is 0 Å². The second-order valence-corrected chi connectivity index (χ2v) is 5.53. The fourth-order valence-corrected chi connectivity index (χ4v) is 2.89. The van der Waals surface area contributed by atoms with Crippen molar-refractivity contribution >= 4 is 23.6 Å². The van der Waals surface area contributed by atoms with Gasteiger partial charge in [-0.05, 0) is 29.1 Å². The normalized spacial score (nSPS) is 10.5. The van der Waals surface area contributed by atoms with Crippen molar-refractivity contribution in [2.45, 2.75) is 6.54 Å². The number of carbonyl (C=O) groups is 2. The van der Waals surface area contributed by atoms with E-state index in [1.54, 1.807) is 28.9 Å². The summed E-state index contributed by atoms with van der Waals surface area (Å²) in [7, 11) is 0. The third-order valence-corrected chi connectivity index (χ3v) is 4.04. The summed E-state index contributed by atoms with van der Waals surface area (Å²) >= 11 is 1.50. The van der Waals surface area contributed by atoms with Crippen LogP contribution in [-0.2, 0) is 6.54 Å². The van der Waals surface area contributed by atoms with Gasteiger partial charge in [0.05, 0.1) is 17.0 Å². The zero-order valence-electron chi connectivity index (χ0n) is 11.3. The summed E-state index contributed by atoms with van der Waals surface area (Å²) in [6.07, 6.45) is 0.687. The number of thiophene rings is 1. The molecule has 0 amide bonds. The number of aromatic carboxylic acids is 1. The molecular weight excluding hydrogens is 302 g/mol. The van der Waals surface area contributed by atoms with Crippen molar-refractivity contribution in [2.75, 3.05) is 0 Å². The fraction of sp³-hybridized carbons (Fsp3) is 0.0667. The van der Waals surface area contributed by atoms with E-state index in [4.69, 9.17) is 5.11 Å². The van der Waals surface area contributed by atoms with E-state index in [-0.39, 0.29) is 5.56 Å². The molecule has 6 nitrogen and oxygen atoms in total. The Kier molecular flexibility index (Phi) is 3.80. The van der Waals surface area contributed by atoms with Crippen LogP contribution in [0, 0.1) is 0 Å². The smallest absolute Gasteiger partial charge is 0.335 e. The van der Waals surface area contributed by atoms with Gasteiger partial charge in [-0.1, -0.05) is 23.4 Å². The largest absolute Gasteiger partial charge is 0.478 e. The Morgan fingerprint density at radius 3 is 2.64 bits per heavy atom. The summed E-state index contributed by atoms with van der Waals surface area (Å²) in [5.41, 5.74) is 2.08. The summed E-state index contributed by atoms with van der Waals surface area (Å²) in [6.45, 7) is 0.411. The third kappa shape index (κ3) is 2.66. The summed E-state index contributed by atoms with van der Waals surface area (Å²) in [4.78, 5) is 22.9. The SMILES string of the molecule is O=Cc1nnn(Cc2ccc(C(=O)O)cc2)c1-c1cccs1. The number of rotatable bonds is 5. The molecule has 0 bridgehead atoms. The molecule has 0 saturated heterocycles. The molecule has 2 heterocycles. The molecule has 0 saturated carbocycles. The van der Waals surface area contributed by atoms with E-state index in [1.807, 2.05) is 17.5 Å². The number of benzene rings is 1. The van der Waals surface area contributed by atoms with Crippen molar-refractivity contribution in [3.05, 3.63) is 58.6 Å². The Morgan fingerprint density at radius 1 is 1.27 bits per heavy atom. The maximum atomic E-state index is 11.1. The van der Waals surface area contributed by atoms with E-state index >= 15 is 0 Å². The van der Waals surface area contributed by atoms with Gasteiger partial charge in [-0.25, -0.2) is 9.48 Å². The van der Waals surface area contributed by atoms with Crippen LogP contribution >= 0.6 is 11.3 Å². The van der Waals surface area contributed by atoms with E-state index in [2.05, 4.69) is 10.3 Å². The van der Waals surface area contributed by atoms with E-state index in [1.165, 1.54) is 11.3 Å². The topological polar surface area (TPSA) is 85.1 Å². The number of nitrogens with zero attached hydrogens (tertiary/aromatic N) is 3. The highest BCUT2D eigenvalue weighted by Gasteiger charge is 2.15. The summed E-state index contributed by atoms with van der Waals surface area (Å²) in [5, 5.41) is 18.7. The molecule has 0 spiro atoms. The molecule has 1 aromatic carbocycles. The van der Waals surface area contributed by atoms with Gasteiger partial charge in [0.15, 0.2) is 12.0 Å². The van der Waals surface area contributed by atoms with Crippen LogP contribution in [0.1, 0.15) is 26.4 Å². The minimum absolute atomic E-state index is 0.231. The number of aldehydes is 1. The maximum absolute atomic E-state index is 11.1. The van der Waals surface area contributed by atoms with Crippen LogP contribution in [0.25, 0.3) is 10.6 Å². The molecule has 0 aliphatic rings. The first-order valence-corrected chi connectivity index (χ1v) is 7.32. The van der Waals surface area contributed by atoms with Gasteiger partial charge >= 0.3 is 5.97 Å². The molecule has 110 valence electrons. The summed E-state index contributed by atoms with van der Waals surface area (Å²) in [5.74, 6) is -0.963. The number of carbonyl (C=O) groups excluding carboxylic acids is 1. The van der Waals surface area contributed by atoms with Crippen molar-refractivity contribution in [3.8, 4) is 10.6 Å². The lowest BCUT2D eigenvalue weighted by Gasteiger charge is -2.06. The van der Waals surface area contributed by atoms with Gasteiger partial charge in [-0.2, -0.15) is 0 Å². The highest BCUT2D eigenvalue weighted by atomic mass is 32.1. The second-order valence-electron chi connectivity index (χ2n) is 4.58. The molecule has 0 aliphatic carbocycles. The van der Waals surface area contributed by atoms with E-state index in [9.17, 15) is 9.59 Å². The molecule has 0 fully saturated rings. The monoisotopic (exact) mass is 313 g/mol. The zero-order valence-corrected chi connectivity index (χ0v) is 12.2. The average Bonchev–Trinajstić information content (AvgIpc) is 3.16. The van der Waals surface area contributed by atoms with Gasteiger partial charge in [-0.3, -0.25) is 4.79 Å². The van der Waals surface area contributed by atoms with Crippen LogP contribution in [0.5, 0.6) is 0 Å². The lowest BCUT2D eigenvalue weighted by molar-refractivity contribution is 0.0696. The Morgan fingerprint density at radius 2 is 2.05 bits per heavy atom. The molecule has 0 unspecified atom stereocenters. The first-order valence-electron chi connectivity index (χ1n) is 6.44. The maximum Gasteiger partial charge on any atom is 0.335 e. The molecular formula is C15H11N3O3S. The van der Waals surface area contributed by atoms with Crippen molar-refractivity contribution in [1.29, 1.82) is 0 Å². The van der Waals surface area contributed by atoms with E-state index < -0.39 is 5.97 Å². The quantitative estimate of drug-likeness (QED) is 0.732. The van der Waals surface area contributed by atoms with Gasteiger partial charge in [0.25, 0.3) is 0 Å². The van der Waals surface area contributed by atoms with Crippen LogP contribution in [0.15, 0.2) is 41.8 Å². The number of carboxylic acids is 1. The summed E-state index contributed by atoms with van der Waals surface area (Å²) in [6, 6.07) is 10.3. The van der Waals surface area contributed by atoms with Gasteiger partial charge in [0.1, 0.15) is 5.69 Å². The minimum Gasteiger partial charge on any atom is -0.478 e. The highest BCUT2D eigenvalue weighted by molar-refractivity contribution is 7.13. The number of hydrogen-bond donors (Lipinski definition) is 1.